The molecule has 0 unspecified atom stereocenters. The molecule has 0 N–H and O–H groups in total. The summed E-state index contributed by atoms with van der Waals surface area (Å²) in [5.41, 5.74) is 0.133. The van der Waals surface area contributed by atoms with Crippen LogP contribution in [-0.4, -0.2) is 10.4 Å². The van der Waals surface area contributed by atoms with Crippen LogP contribution in [0, 0.1) is 5.82 Å². The van der Waals surface area contributed by atoms with Crippen molar-refractivity contribution in [2.45, 2.75) is 6.92 Å². The minimum absolute atomic E-state index is 0.139. The van der Waals surface area contributed by atoms with Gasteiger partial charge in [0.05, 0.1) is 5.69 Å². The van der Waals surface area contributed by atoms with Gasteiger partial charge in [0.1, 0.15) is 5.82 Å². The number of Topliss-reactive ketones (excluding diaryl/α,β-unsaturated/α-hetero) is 1. The average molecular weight is 231 g/mol. The largest absolute Gasteiger partial charge is 0.294 e. The summed E-state index contributed by atoms with van der Waals surface area (Å²) >= 11 is 0. The zero-order valence-electron chi connectivity index (χ0n) is 9.18. The lowest BCUT2D eigenvalue weighted by Crippen LogP contribution is -2.18. The number of para-hydroxylation sites is 1. The highest BCUT2D eigenvalue weighted by Crippen LogP contribution is 2.11. The Kier molecular flexibility index (Phi) is 2.87. The van der Waals surface area contributed by atoms with E-state index in [-0.39, 0.29) is 17.0 Å². The lowest BCUT2D eigenvalue weighted by molar-refractivity contribution is 0.101. The molecule has 0 saturated carbocycles. The van der Waals surface area contributed by atoms with Crippen LogP contribution >= 0.6 is 0 Å². The smallest absolute Gasteiger partial charge is 0.255 e. The summed E-state index contributed by atoms with van der Waals surface area (Å²) in [5, 5.41) is 0. The van der Waals surface area contributed by atoms with Gasteiger partial charge in [0, 0.05) is 17.8 Å². The number of halogens is 1. The standard InChI is InChI=1S/C13H10FNO2/c1-9(16)10-6-7-13(17)15(8-10)12-5-3-2-4-11(12)14/h2-8H,1H3. The van der Waals surface area contributed by atoms with E-state index in [4.69, 9.17) is 0 Å². The highest BCUT2D eigenvalue weighted by atomic mass is 19.1. The van der Waals surface area contributed by atoms with Crippen molar-refractivity contribution in [1.82, 2.24) is 4.57 Å². The number of pyridine rings is 1. The Morgan fingerprint density at radius 1 is 1.18 bits per heavy atom. The summed E-state index contributed by atoms with van der Waals surface area (Å²) < 4.78 is 14.7. The molecule has 0 spiro atoms. The first-order valence-electron chi connectivity index (χ1n) is 5.08. The molecule has 3 nitrogen and oxygen atoms in total. The number of rotatable bonds is 2. The van der Waals surface area contributed by atoms with Crippen molar-refractivity contribution in [1.29, 1.82) is 0 Å². The van der Waals surface area contributed by atoms with Crippen molar-refractivity contribution in [2.75, 3.05) is 0 Å². The topological polar surface area (TPSA) is 39.1 Å². The Balaban J connectivity index is 2.67. The Labute approximate surface area is 97.1 Å². The van der Waals surface area contributed by atoms with Crippen molar-refractivity contribution in [2.24, 2.45) is 0 Å². The van der Waals surface area contributed by atoms with E-state index in [2.05, 4.69) is 0 Å². The van der Waals surface area contributed by atoms with Crippen molar-refractivity contribution >= 4 is 5.78 Å². The molecule has 0 amide bonds. The van der Waals surface area contributed by atoms with Crippen molar-refractivity contribution in [3.63, 3.8) is 0 Å². The molecule has 2 aromatic rings. The van der Waals surface area contributed by atoms with Gasteiger partial charge in [-0.15, -0.1) is 0 Å². The van der Waals surface area contributed by atoms with Crippen LogP contribution in [0.3, 0.4) is 0 Å². The predicted octanol–water partition coefficient (Wildman–Crippen LogP) is 2.18. The molecule has 1 heterocycles. The molecule has 0 atom stereocenters. The second kappa shape index (κ2) is 4.33. The number of nitrogens with zero attached hydrogens (tertiary/aromatic N) is 1. The van der Waals surface area contributed by atoms with Gasteiger partial charge in [-0.25, -0.2) is 4.39 Å². The maximum Gasteiger partial charge on any atom is 0.255 e. The van der Waals surface area contributed by atoms with Crippen molar-refractivity contribution < 1.29 is 9.18 Å². The van der Waals surface area contributed by atoms with Gasteiger partial charge >= 0.3 is 0 Å². The summed E-state index contributed by atoms with van der Waals surface area (Å²) in [6.07, 6.45) is 1.35. The van der Waals surface area contributed by atoms with E-state index in [1.165, 1.54) is 37.4 Å². The summed E-state index contributed by atoms with van der Waals surface area (Å²) in [4.78, 5) is 22.8. The summed E-state index contributed by atoms with van der Waals surface area (Å²) in [6.45, 7) is 1.39. The molecule has 0 fully saturated rings. The molecule has 0 aliphatic carbocycles. The molecule has 0 aliphatic heterocycles. The van der Waals surface area contributed by atoms with Gasteiger partial charge in [-0.1, -0.05) is 12.1 Å². The minimum Gasteiger partial charge on any atom is -0.294 e. The molecule has 1 aromatic heterocycles. The number of hydrogen-bond donors (Lipinski definition) is 0. The minimum atomic E-state index is -0.504. The molecule has 4 heteroatoms. The van der Waals surface area contributed by atoms with Crippen molar-refractivity contribution in [3.8, 4) is 5.69 Å². The Hall–Kier alpha value is -2.23. The van der Waals surface area contributed by atoms with Gasteiger partial charge < -0.3 is 0 Å². The van der Waals surface area contributed by atoms with Gasteiger partial charge in [0.25, 0.3) is 5.56 Å². The molecule has 0 aliphatic rings. The van der Waals surface area contributed by atoms with Gasteiger partial charge in [0.15, 0.2) is 5.78 Å². The Bertz CT molecular complexity index is 631. The zero-order chi connectivity index (χ0) is 12.4. The van der Waals surface area contributed by atoms with Crippen LogP contribution in [0.2, 0.25) is 0 Å². The van der Waals surface area contributed by atoms with Gasteiger partial charge in [-0.2, -0.15) is 0 Å². The molecule has 86 valence electrons. The third kappa shape index (κ3) is 2.15. The third-order valence-corrected chi connectivity index (χ3v) is 2.43. The van der Waals surface area contributed by atoms with Crippen LogP contribution in [0.1, 0.15) is 17.3 Å². The molecule has 1 aromatic carbocycles. The molecular weight excluding hydrogens is 221 g/mol. The lowest BCUT2D eigenvalue weighted by Gasteiger charge is -2.07. The quantitative estimate of drug-likeness (QED) is 0.743. The summed E-state index contributed by atoms with van der Waals surface area (Å²) in [5.74, 6) is -0.676. The fraction of sp³-hybridized carbons (Fsp3) is 0.0769. The van der Waals surface area contributed by atoms with Crippen molar-refractivity contribution in [3.05, 3.63) is 64.3 Å². The number of hydrogen-bond acceptors (Lipinski definition) is 2. The number of aromatic nitrogens is 1. The second-order valence-corrected chi connectivity index (χ2v) is 3.63. The SMILES string of the molecule is CC(=O)c1ccc(=O)n(-c2ccccc2F)c1. The zero-order valence-corrected chi connectivity index (χ0v) is 9.18. The van der Waals surface area contributed by atoms with E-state index in [9.17, 15) is 14.0 Å². The van der Waals surface area contributed by atoms with Crippen LogP contribution in [0.25, 0.3) is 5.69 Å². The van der Waals surface area contributed by atoms with Crippen LogP contribution < -0.4 is 5.56 Å². The van der Waals surface area contributed by atoms with E-state index in [1.807, 2.05) is 0 Å². The third-order valence-electron chi connectivity index (χ3n) is 2.43. The second-order valence-electron chi connectivity index (χ2n) is 3.63. The monoisotopic (exact) mass is 231 g/mol. The number of carbonyl (C=O) groups is 1. The molecular formula is C13H10FNO2. The normalized spacial score (nSPS) is 10.2. The van der Waals surface area contributed by atoms with Crippen LogP contribution in [0.5, 0.6) is 0 Å². The van der Waals surface area contributed by atoms with E-state index < -0.39 is 5.82 Å². The number of ketones is 1. The van der Waals surface area contributed by atoms with E-state index in [1.54, 1.807) is 12.1 Å². The Morgan fingerprint density at radius 3 is 2.53 bits per heavy atom. The van der Waals surface area contributed by atoms with Gasteiger partial charge in [-0.3, -0.25) is 14.2 Å². The molecule has 0 bridgehead atoms. The van der Waals surface area contributed by atoms with Crippen LogP contribution in [0.4, 0.5) is 4.39 Å². The molecule has 0 radical (unpaired) electrons. The predicted molar refractivity (Wildman–Crippen MR) is 62.0 cm³/mol. The van der Waals surface area contributed by atoms with Gasteiger partial charge in [-0.05, 0) is 25.1 Å². The molecule has 2 rings (SSSR count). The maximum atomic E-state index is 13.5. The summed E-state index contributed by atoms with van der Waals surface area (Å²) in [6, 6.07) is 8.61. The first kappa shape index (κ1) is 11.3. The molecule has 17 heavy (non-hydrogen) atoms. The highest BCUT2D eigenvalue weighted by Gasteiger charge is 2.07. The Morgan fingerprint density at radius 2 is 1.88 bits per heavy atom. The van der Waals surface area contributed by atoms with E-state index >= 15 is 0 Å². The van der Waals surface area contributed by atoms with E-state index in [0.29, 0.717) is 5.56 Å². The van der Waals surface area contributed by atoms with Crippen LogP contribution in [0.15, 0.2) is 47.4 Å². The first-order chi connectivity index (χ1) is 8.09. The highest BCUT2D eigenvalue weighted by molar-refractivity contribution is 5.93. The van der Waals surface area contributed by atoms with Gasteiger partial charge in [0.2, 0.25) is 0 Å². The molecule has 0 saturated heterocycles. The average Bonchev–Trinajstić information content (AvgIpc) is 2.30. The number of benzene rings is 1. The maximum absolute atomic E-state index is 13.5. The summed E-state index contributed by atoms with van der Waals surface area (Å²) in [7, 11) is 0. The first-order valence-corrected chi connectivity index (χ1v) is 5.08. The number of carbonyl (C=O) groups excluding carboxylic acids is 1. The fourth-order valence-corrected chi connectivity index (χ4v) is 1.53. The lowest BCUT2D eigenvalue weighted by atomic mass is 10.2. The van der Waals surface area contributed by atoms with Crippen LogP contribution in [-0.2, 0) is 0 Å². The van der Waals surface area contributed by atoms with E-state index in [0.717, 1.165) is 4.57 Å². The fourth-order valence-electron chi connectivity index (χ4n) is 1.53.